The summed E-state index contributed by atoms with van der Waals surface area (Å²) >= 11 is 0. The second-order valence-corrected chi connectivity index (χ2v) is 11.5. The molecule has 152 valence electrons. The summed E-state index contributed by atoms with van der Waals surface area (Å²) in [7, 11) is -3.63. The van der Waals surface area contributed by atoms with Crippen LogP contribution in [-0.2, 0) is 23.9 Å². The summed E-state index contributed by atoms with van der Waals surface area (Å²) in [4.78, 5) is 25.6. The van der Waals surface area contributed by atoms with Crippen molar-refractivity contribution in [1.82, 2.24) is 0 Å². The predicted molar refractivity (Wildman–Crippen MR) is 98.3 cm³/mol. The standard InChI is InChI=1S/C20H30O6S/c1-18-8-7-15-13(14(18)4-5-16(18)21)10-17(22)20(23)11-12(26-27(3,24)25)6-9-19(15,20)2/h12-15,23H,4-11H2,1-3H3/t12-,13-,14-,15-,18-,19+,20-/m0/s1. The topological polar surface area (TPSA) is 97.7 Å². The predicted octanol–water partition coefficient (Wildman–Crippen LogP) is 2.24. The maximum atomic E-state index is 13.2. The molecule has 4 aliphatic rings. The van der Waals surface area contributed by atoms with E-state index in [1.165, 1.54) is 0 Å². The molecule has 4 saturated carbocycles. The summed E-state index contributed by atoms with van der Waals surface area (Å²) < 4.78 is 28.2. The van der Waals surface area contributed by atoms with Crippen LogP contribution in [0.5, 0.6) is 0 Å². The highest BCUT2D eigenvalue weighted by Crippen LogP contribution is 2.65. The van der Waals surface area contributed by atoms with Crippen molar-refractivity contribution < 1.29 is 27.3 Å². The van der Waals surface area contributed by atoms with Crippen molar-refractivity contribution in [1.29, 1.82) is 0 Å². The van der Waals surface area contributed by atoms with Crippen molar-refractivity contribution in [3.05, 3.63) is 0 Å². The Kier molecular flexibility index (Phi) is 4.24. The highest BCUT2D eigenvalue weighted by molar-refractivity contribution is 7.86. The number of carbonyl (C=O) groups excluding carboxylic acids is 2. The van der Waals surface area contributed by atoms with Gasteiger partial charge in [-0.3, -0.25) is 13.8 Å². The third-order valence-corrected chi connectivity index (χ3v) is 9.23. The highest BCUT2D eigenvalue weighted by Gasteiger charge is 2.67. The van der Waals surface area contributed by atoms with Gasteiger partial charge in [-0.2, -0.15) is 8.42 Å². The SMILES string of the molecule is C[C@]12CC[C@H]3[C@@H](CC(=O)[C@@]4(O)C[C@@H](OS(C)(=O)=O)CC[C@]34C)[C@@H]1CCC2=O. The average Bonchev–Trinajstić information content (AvgIpc) is 2.85. The monoisotopic (exact) mass is 398 g/mol. The second kappa shape index (κ2) is 5.86. The van der Waals surface area contributed by atoms with Gasteiger partial charge in [-0.25, -0.2) is 0 Å². The van der Waals surface area contributed by atoms with Crippen LogP contribution in [0.15, 0.2) is 0 Å². The molecular formula is C20H30O6S. The number of aliphatic hydroxyl groups is 1. The molecule has 0 aromatic rings. The van der Waals surface area contributed by atoms with Gasteiger partial charge in [0.25, 0.3) is 10.1 Å². The van der Waals surface area contributed by atoms with Gasteiger partial charge < -0.3 is 5.11 Å². The van der Waals surface area contributed by atoms with E-state index in [9.17, 15) is 23.1 Å². The molecule has 7 heteroatoms. The minimum atomic E-state index is -3.63. The van der Waals surface area contributed by atoms with Gasteiger partial charge in [-0.05, 0) is 49.9 Å². The van der Waals surface area contributed by atoms with E-state index in [4.69, 9.17) is 4.18 Å². The molecule has 0 saturated heterocycles. The summed E-state index contributed by atoms with van der Waals surface area (Å²) in [6, 6.07) is 0. The summed E-state index contributed by atoms with van der Waals surface area (Å²) in [5.41, 5.74) is -2.45. The number of fused-ring (bicyclic) bond motifs is 5. The van der Waals surface area contributed by atoms with Gasteiger partial charge in [0.15, 0.2) is 5.78 Å². The summed E-state index contributed by atoms with van der Waals surface area (Å²) in [5.74, 6) is 0.675. The molecule has 4 aliphatic carbocycles. The minimum absolute atomic E-state index is 0.0412. The van der Waals surface area contributed by atoms with E-state index in [0.717, 1.165) is 25.5 Å². The van der Waals surface area contributed by atoms with Crippen LogP contribution < -0.4 is 0 Å². The van der Waals surface area contributed by atoms with Crippen LogP contribution in [0, 0.1) is 28.6 Å². The molecule has 0 aromatic carbocycles. The number of ketones is 2. The third-order valence-electron chi connectivity index (χ3n) is 8.61. The number of Topliss-reactive ketones (excluding diaryl/α,β-unsaturated/α-hetero) is 2. The molecule has 0 amide bonds. The Balaban J connectivity index is 1.66. The number of hydrogen-bond acceptors (Lipinski definition) is 6. The van der Waals surface area contributed by atoms with Gasteiger partial charge in [-0.1, -0.05) is 13.8 Å². The Labute approximate surface area is 161 Å². The van der Waals surface area contributed by atoms with Crippen LogP contribution in [-0.4, -0.2) is 43.1 Å². The fraction of sp³-hybridized carbons (Fsp3) is 0.900. The van der Waals surface area contributed by atoms with Gasteiger partial charge in [0.2, 0.25) is 0 Å². The van der Waals surface area contributed by atoms with E-state index in [2.05, 4.69) is 6.92 Å². The van der Waals surface area contributed by atoms with Crippen LogP contribution in [0.2, 0.25) is 0 Å². The Morgan fingerprint density at radius 2 is 1.74 bits per heavy atom. The molecule has 1 N–H and O–H groups in total. The maximum Gasteiger partial charge on any atom is 0.264 e. The highest BCUT2D eigenvalue weighted by atomic mass is 32.2. The smallest absolute Gasteiger partial charge is 0.264 e. The van der Waals surface area contributed by atoms with E-state index in [0.29, 0.717) is 25.0 Å². The molecule has 7 atom stereocenters. The molecule has 0 bridgehead atoms. The average molecular weight is 399 g/mol. The van der Waals surface area contributed by atoms with Crippen LogP contribution in [0.4, 0.5) is 0 Å². The first-order valence-electron chi connectivity index (χ1n) is 10.1. The van der Waals surface area contributed by atoms with E-state index in [1.807, 2.05) is 6.92 Å². The van der Waals surface area contributed by atoms with Crippen molar-refractivity contribution in [2.45, 2.75) is 76.9 Å². The largest absolute Gasteiger partial charge is 0.381 e. The molecule has 0 spiro atoms. The molecule has 27 heavy (non-hydrogen) atoms. The summed E-state index contributed by atoms with van der Waals surface area (Å²) in [6.45, 7) is 4.06. The number of hydrogen-bond donors (Lipinski definition) is 1. The van der Waals surface area contributed by atoms with E-state index in [-0.39, 0.29) is 41.8 Å². The van der Waals surface area contributed by atoms with E-state index in [1.54, 1.807) is 0 Å². The Morgan fingerprint density at radius 1 is 1.04 bits per heavy atom. The third kappa shape index (κ3) is 2.68. The lowest BCUT2D eigenvalue weighted by molar-refractivity contribution is -0.209. The molecule has 0 aromatic heterocycles. The van der Waals surface area contributed by atoms with Gasteiger partial charge in [0.1, 0.15) is 11.4 Å². The molecule has 4 fully saturated rings. The molecule has 0 heterocycles. The van der Waals surface area contributed by atoms with Gasteiger partial charge >= 0.3 is 0 Å². The Bertz CT molecular complexity index is 790. The number of rotatable bonds is 2. The van der Waals surface area contributed by atoms with Gasteiger partial charge in [0.05, 0.1) is 12.4 Å². The van der Waals surface area contributed by atoms with Crippen LogP contribution in [0.3, 0.4) is 0 Å². The van der Waals surface area contributed by atoms with Crippen molar-refractivity contribution in [3.8, 4) is 0 Å². The second-order valence-electron chi connectivity index (χ2n) is 9.87. The van der Waals surface area contributed by atoms with Crippen molar-refractivity contribution in [3.63, 3.8) is 0 Å². The van der Waals surface area contributed by atoms with Crippen LogP contribution in [0.25, 0.3) is 0 Å². The lowest BCUT2D eigenvalue weighted by Crippen LogP contribution is -2.67. The van der Waals surface area contributed by atoms with Gasteiger partial charge in [-0.15, -0.1) is 0 Å². The van der Waals surface area contributed by atoms with Gasteiger partial charge in [0, 0.05) is 30.1 Å². The molecule has 6 nitrogen and oxygen atoms in total. The van der Waals surface area contributed by atoms with Crippen molar-refractivity contribution in [2.75, 3.05) is 6.26 Å². The van der Waals surface area contributed by atoms with Crippen LogP contribution in [0.1, 0.15) is 65.2 Å². The first-order chi connectivity index (χ1) is 12.4. The molecule has 0 radical (unpaired) electrons. The normalized spacial score (nSPS) is 50.1. The molecule has 4 rings (SSSR count). The Hall–Kier alpha value is -0.790. The quantitative estimate of drug-likeness (QED) is 0.717. The molecule has 0 unspecified atom stereocenters. The zero-order chi connectivity index (χ0) is 19.8. The maximum absolute atomic E-state index is 13.2. The lowest BCUT2D eigenvalue weighted by atomic mass is 9.43. The summed E-state index contributed by atoms with van der Waals surface area (Å²) in [6.07, 6.45) is 4.87. The lowest BCUT2D eigenvalue weighted by Gasteiger charge is -2.62. The minimum Gasteiger partial charge on any atom is -0.381 e. The fourth-order valence-corrected chi connectivity index (χ4v) is 7.76. The summed E-state index contributed by atoms with van der Waals surface area (Å²) in [5, 5.41) is 11.5. The zero-order valence-electron chi connectivity index (χ0n) is 16.4. The van der Waals surface area contributed by atoms with Crippen molar-refractivity contribution in [2.24, 2.45) is 28.6 Å². The first-order valence-corrected chi connectivity index (χ1v) is 11.9. The zero-order valence-corrected chi connectivity index (χ0v) is 17.2. The van der Waals surface area contributed by atoms with Crippen LogP contribution >= 0.6 is 0 Å². The van der Waals surface area contributed by atoms with E-state index >= 15 is 0 Å². The molecule has 0 aliphatic heterocycles. The number of carbonyl (C=O) groups is 2. The first kappa shape index (κ1) is 19.5. The van der Waals surface area contributed by atoms with Crippen molar-refractivity contribution >= 4 is 21.7 Å². The molecular weight excluding hydrogens is 368 g/mol. The Morgan fingerprint density at radius 3 is 2.41 bits per heavy atom. The fourth-order valence-electron chi connectivity index (χ4n) is 7.10. The van der Waals surface area contributed by atoms with E-state index < -0.39 is 27.2 Å².